The maximum absolute atomic E-state index is 15.2. The molecule has 0 spiro atoms. The zero-order valence-corrected chi connectivity index (χ0v) is 27.6. The molecule has 232 valence electrons. The number of benzene rings is 5. The van der Waals surface area contributed by atoms with Crippen molar-refractivity contribution in [1.82, 2.24) is 4.98 Å². The summed E-state index contributed by atoms with van der Waals surface area (Å²) >= 11 is 0. The minimum absolute atomic E-state index is 0.132. The monoisotopic (exact) mass is 639 g/mol. The zero-order chi connectivity index (χ0) is 32.3. The van der Waals surface area contributed by atoms with Crippen LogP contribution in [0.4, 0.5) is 0 Å². The molecule has 0 saturated heterocycles. The fraction of sp³-hybridized carbons (Fsp3) is 0.114. The van der Waals surface area contributed by atoms with Gasteiger partial charge in [-0.15, -0.1) is 0 Å². The van der Waals surface area contributed by atoms with Gasteiger partial charge < -0.3 is 8.98 Å². The van der Waals surface area contributed by atoms with E-state index in [2.05, 4.69) is 91.9 Å². The molecule has 3 nitrogen and oxygen atoms in total. The average molecular weight is 640 g/mol. The second kappa shape index (κ2) is 11.2. The van der Waals surface area contributed by atoms with E-state index in [1.165, 1.54) is 11.0 Å². The summed E-state index contributed by atoms with van der Waals surface area (Å²) in [4.78, 5) is 5.57. The highest BCUT2D eigenvalue weighted by Gasteiger charge is 2.40. The normalized spacial score (nSPS) is 19.1. The van der Waals surface area contributed by atoms with Crippen LogP contribution in [0.5, 0.6) is 0 Å². The molecule has 7 aromatic rings. The van der Waals surface area contributed by atoms with Crippen molar-refractivity contribution in [2.75, 3.05) is 0 Å². The standard InChI is InChI=1S/C44H34NO2P/c1-44(31-25-27-34(28-26-31)48(46,32-16-4-2-5-17-32)33-18-6-3-7-19-33)29-13-23-38-40-37-21-10-11-24-39(37)47-42(40)41(45-43(38)44)36-22-12-15-30-14-8-9-20-35(30)36/h2-27,34H,28-29H2,1H3. The molecule has 2 heterocycles. The number of hydrogen-bond acceptors (Lipinski definition) is 3. The molecular weight excluding hydrogens is 605 g/mol. The van der Waals surface area contributed by atoms with Crippen molar-refractivity contribution >= 4 is 56.5 Å². The van der Waals surface area contributed by atoms with Gasteiger partial charge in [-0.05, 0) is 42.2 Å². The third-order valence-corrected chi connectivity index (χ3v) is 13.8. The van der Waals surface area contributed by atoms with Gasteiger partial charge in [0.05, 0.1) is 5.69 Å². The Kier molecular flexibility index (Phi) is 6.74. The summed E-state index contributed by atoms with van der Waals surface area (Å²) in [7, 11) is -2.95. The van der Waals surface area contributed by atoms with Crippen LogP contribution in [0.2, 0.25) is 0 Å². The lowest BCUT2D eigenvalue weighted by atomic mass is 9.70. The number of hydrogen-bond donors (Lipinski definition) is 0. The summed E-state index contributed by atoms with van der Waals surface area (Å²) in [6.45, 7) is 2.31. The lowest BCUT2D eigenvalue weighted by Crippen LogP contribution is -2.31. The maximum Gasteiger partial charge on any atom is 0.162 e. The molecule has 2 atom stereocenters. The summed E-state index contributed by atoms with van der Waals surface area (Å²) < 4.78 is 21.8. The first-order chi connectivity index (χ1) is 23.6. The maximum atomic E-state index is 15.2. The van der Waals surface area contributed by atoms with Crippen molar-refractivity contribution in [3.8, 4) is 11.3 Å². The molecular formula is C44H34NO2P. The molecule has 2 aliphatic rings. The first kappa shape index (κ1) is 28.9. The van der Waals surface area contributed by atoms with Crippen LogP contribution in [-0.4, -0.2) is 10.6 Å². The molecule has 0 bridgehead atoms. The Morgan fingerprint density at radius 1 is 0.750 bits per heavy atom. The second-order valence-corrected chi connectivity index (χ2v) is 16.2. The van der Waals surface area contributed by atoms with Gasteiger partial charge in [-0.25, -0.2) is 4.98 Å². The Labute approximate surface area is 280 Å². The number of allylic oxidation sites excluding steroid dienone is 5. The minimum atomic E-state index is -2.95. The molecule has 48 heavy (non-hydrogen) atoms. The van der Waals surface area contributed by atoms with Crippen LogP contribution in [0.1, 0.15) is 31.0 Å². The fourth-order valence-corrected chi connectivity index (χ4v) is 10.9. The predicted molar refractivity (Wildman–Crippen MR) is 201 cm³/mol. The van der Waals surface area contributed by atoms with E-state index >= 15 is 4.57 Å². The van der Waals surface area contributed by atoms with Crippen molar-refractivity contribution in [3.63, 3.8) is 0 Å². The Hall–Kier alpha value is -5.24. The van der Waals surface area contributed by atoms with Gasteiger partial charge in [-0.3, -0.25) is 0 Å². The van der Waals surface area contributed by atoms with Crippen LogP contribution < -0.4 is 10.6 Å². The molecule has 0 amide bonds. The van der Waals surface area contributed by atoms with Gasteiger partial charge in [0.15, 0.2) is 5.58 Å². The van der Waals surface area contributed by atoms with Crippen molar-refractivity contribution in [2.24, 2.45) is 0 Å². The second-order valence-electron chi connectivity index (χ2n) is 13.1. The van der Waals surface area contributed by atoms with Crippen molar-refractivity contribution in [3.05, 3.63) is 169 Å². The molecule has 4 heteroatoms. The third-order valence-electron chi connectivity index (χ3n) is 10.4. The predicted octanol–water partition coefficient (Wildman–Crippen LogP) is 10.7. The number of nitrogens with zero attached hydrogens (tertiary/aromatic N) is 1. The smallest absolute Gasteiger partial charge is 0.162 e. The van der Waals surface area contributed by atoms with E-state index in [1.807, 2.05) is 72.8 Å². The van der Waals surface area contributed by atoms with Crippen LogP contribution in [0.3, 0.4) is 0 Å². The number of aromatic nitrogens is 1. The Morgan fingerprint density at radius 2 is 1.42 bits per heavy atom. The molecule has 2 aliphatic carbocycles. The Bertz CT molecular complexity index is 2460. The van der Waals surface area contributed by atoms with Crippen LogP contribution >= 0.6 is 7.14 Å². The lowest BCUT2D eigenvalue weighted by molar-refractivity contribution is 0.548. The molecule has 0 aliphatic heterocycles. The first-order valence-corrected chi connectivity index (χ1v) is 18.4. The van der Waals surface area contributed by atoms with Gasteiger partial charge >= 0.3 is 0 Å². The molecule has 2 aromatic heterocycles. The number of fused-ring (bicyclic) bond motifs is 6. The largest absolute Gasteiger partial charge is 0.454 e. The number of pyridine rings is 1. The van der Waals surface area contributed by atoms with Crippen molar-refractivity contribution in [2.45, 2.75) is 30.8 Å². The quantitative estimate of drug-likeness (QED) is 0.176. The molecule has 5 aromatic carbocycles. The highest BCUT2D eigenvalue weighted by atomic mass is 31.2. The Morgan fingerprint density at radius 3 is 2.15 bits per heavy atom. The number of furan rings is 1. The van der Waals surface area contributed by atoms with Gasteiger partial charge in [0.2, 0.25) is 0 Å². The first-order valence-electron chi connectivity index (χ1n) is 16.7. The summed E-state index contributed by atoms with van der Waals surface area (Å²) in [6, 6.07) is 43.2. The summed E-state index contributed by atoms with van der Waals surface area (Å²) in [6.07, 6.45) is 12.8. The molecule has 2 unspecified atom stereocenters. The zero-order valence-electron chi connectivity index (χ0n) is 26.7. The molecule has 0 N–H and O–H groups in total. The third kappa shape index (κ3) is 4.35. The van der Waals surface area contributed by atoms with Crippen LogP contribution in [0.25, 0.3) is 50.0 Å². The van der Waals surface area contributed by atoms with Crippen molar-refractivity contribution in [1.29, 1.82) is 0 Å². The fourth-order valence-electron chi connectivity index (χ4n) is 7.90. The topological polar surface area (TPSA) is 43.1 Å². The van der Waals surface area contributed by atoms with Crippen LogP contribution in [-0.2, 0) is 9.98 Å². The van der Waals surface area contributed by atoms with E-state index in [9.17, 15) is 0 Å². The summed E-state index contributed by atoms with van der Waals surface area (Å²) in [5, 5.41) is 6.33. The average Bonchev–Trinajstić information content (AvgIpc) is 3.55. The molecule has 0 saturated carbocycles. The Balaban J connectivity index is 1.21. The van der Waals surface area contributed by atoms with E-state index in [0.29, 0.717) is 6.42 Å². The number of rotatable bonds is 5. The summed E-state index contributed by atoms with van der Waals surface area (Å²) in [5.41, 5.74) is 6.47. The van der Waals surface area contributed by atoms with Gasteiger partial charge in [0, 0.05) is 43.6 Å². The highest BCUT2D eigenvalue weighted by molar-refractivity contribution is 7.79. The number of para-hydroxylation sites is 1. The van der Waals surface area contributed by atoms with Gasteiger partial charge in [-0.1, -0.05) is 152 Å². The van der Waals surface area contributed by atoms with Crippen LogP contribution in [0.15, 0.2) is 162 Å². The van der Waals surface area contributed by atoms with Gasteiger partial charge in [-0.2, -0.15) is 0 Å². The SMILES string of the molecule is CC1(C2=CCC(P(=O)(c3ccccc3)c3ccccc3)C=C2)CC=Cc2c1nc(-c1cccc3ccccc13)c1oc3ccccc3c21. The van der Waals surface area contributed by atoms with Gasteiger partial charge in [0.25, 0.3) is 0 Å². The van der Waals surface area contributed by atoms with E-state index in [0.717, 1.165) is 66.9 Å². The van der Waals surface area contributed by atoms with Crippen molar-refractivity contribution < 1.29 is 8.98 Å². The molecule has 9 rings (SSSR count). The van der Waals surface area contributed by atoms with E-state index in [1.54, 1.807) is 0 Å². The molecule has 0 fully saturated rings. The van der Waals surface area contributed by atoms with E-state index < -0.39 is 7.14 Å². The lowest BCUT2D eigenvalue weighted by Gasteiger charge is -2.37. The minimum Gasteiger partial charge on any atom is -0.454 e. The van der Waals surface area contributed by atoms with Crippen LogP contribution in [0, 0.1) is 0 Å². The summed E-state index contributed by atoms with van der Waals surface area (Å²) in [5.74, 6) is 0. The highest BCUT2D eigenvalue weighted by Crippen LogP contribution is 2.54. The van der Waals surface area contributed by atoms with Gasteiger partial charge in [0.1, 0.15) is 18.4 Å². The molecule has 0 radical (unpaired) electrons. The van der Waals surface area contributed by atoms with E-state index in [-0.39, 0.29) is 11.1 Å². The van der Waals surface area contributed by atoms with E-state index in [4.69, 9.17) is 9.40 Å².